The first-order valence-corrected chi connectivity index (χ1v) is 9.96. The monoisotopic (exact) mass is 498 g/mol. The molecule has 0 unspecified atom stereocenters. The lowest BCUT2D eigenvalue weighted by atomic mass is 10.2. The number of thiophene rings is 1. The number of guanidine groups is 1. The Kier molecular flexibility index (Phi) is 8.53. The number of aromatic nitrogens is 1. The predicted octanol–water partition coefficient (Wildman–Crippen LogP) is 4.74. The quantitative estimate of drug-likeness (QED) is 0.303. The maximum atomic E-state index is 4.72. The molecule has 0 aliphatic heterocycles. The average molecular weight is 498 g/mol. The van der Waals surface area contributed by atoms with Gasteiger partial charge in [0.1, 0.15) is 5.01 Å². The van der Waals surface area contributed by atoms with Crippen LogP contribution >= 0.6 is 46.7 Å². The first kappa shape index (κ1) is 20.9. The van der Waals surface area contributed by atoms with E-state index in [1.54, 1.807) is 22.7 Å². The maximum absolute atomic E-state index is 4.72. The van der Waals surface area contributed by atoms with E-state index < -0.39 is 0 Å². The third-order valence-electron chi connectivity index (χ3n) is 3.85. The summed E-state index contributed by atoms with van der Waals surface area (Å²) in [4.78, 5) is 12.6. The largest absolute Gasteiger partial charge is 0.351 e. The summed E-state index contributed by atoms with van der Waals surface area (Å²) in [6.45, 7) is 1.62. The van der Waals surface area contributed by atoms with Crippen molar-refractivity contribution in [3.05, 3.63) is 63.8 Å². The van der Waals surface area contributed by atoms with Gasteiger partial charge in [0.05, 0.1) is 12.2 Å². The van der Waals surface area contributed by atoms with E-state index >= 15 is 0 Å². The zero-order valence-corrected chi connectivity index (χ0v) is 18.8. The molecule has 0 saturated heterocycles. The Labute approximate surface area is 180 Å². The van der Waals surface area contributed by atoms with Crippen molar-refractivity contribution in [2.75, 3.05) is 20.6 Å². The highest BCUT2D eigenvalue weighted by Crippen LogP contribution is 2.23. The van der Waals surface area contributed by atoms with Crippen LogP contribution < -0.4 is 5.32 Å². The Morgan fingerprint density at radius 2 is 1.96 bits per heavy atom. The summed E-state index contributed by atoms with van der Waals surface area (Å²) < 4.78 is 0. The van der Waals surface area contributed by atoms with Crippen molar-refractivity contribution in [3.8, 4) is 10.6 Å². The minimum Gasteiger partial charge on any atom is -0.351 e. The summed E-state index contributed by atoms with van der Waals surface area (Å²) in [6.07, 6.45) is 1.03. The molecule has 1 N–H and O–H groups in total. The van der Waals surface area contributed by atoms with Gasteiger partial charge in [0.15, 0.2) is 5.96 Å². The van der Waals surface area contributed by atoms with Crippen LogP contribution in [0.15, 0.2) is 58.2 Å². The van der Waals surface area contributed by atoms with Gasteiger partial charge in [-0.1, -0.05) is 36.4 Å². The van der Waals surface area contributed by atoms with Crippen LogP contribution in [0.25, 0.3) is 10.6 Å². The summed E-state index contributed by atoms with van der Waals surface area (Å²) in [5.74, 6) is 0.894. The van der Waals surface area contributed by atoms with E-state index in [-0.39, 0.29) is 24.0 Å². The second-order valence-corrected chi connectivity index (χ2v) is 7.55. The summed E-state index contributed by atoms with van der Waals surface area (Å²) >= 11 is 3.48. The molecule has 3 aromatic rings. The molecular formula is C19H23IN4S2. The topological polar surface area (TPSA) is 40.5 Å². The fourth-order valence-electron chi connectivity index (χ4n) is 2.49. The molecule has 0 bridgehead atoms. The summed E-state index contributed by atoms with van der Waals surface area (Å²) in [5, 5.41) is 8.68. The lowest BCUT2D eigenvalue weighted by Crippen LogP contribution is -2.39. The molecule has 0 radical (unpaired) electrons. The molecule has 0 aliphatic carbocycles. The van der Waals surface area contributed by atoms with Crippen molar-refractivity contribution in [1.82, 2.24) is 15.2 Å². The van der Waals surface area contributed by atoms with Gasteiger partial charge >= 0.3 is 0 Å². The molecule has 7 heteroatoms. The van der Waals surface area contributed by atoms with Crippen LogP contribution in [0.1, 0.15) is 10.6 Å². The first-order chi connectivity index (χ1) is 12.3. The normalized spacial score (nSPS) is 11.1. The van der Waals surface area contributed by atoms with Crippen molar-refractivity contribution in [1.29, 1.82) is 0 Å². The van der Waals surface area contributed by atoms with E-state index in [0.717, 1.165) is 35.2 Å². The molecule has 0 atom stereocenters. The van der Waals surface area contributed by atoms with Crippen molar-refractivity contribution in [2.24, 2.45) is 4.99 Å². The molecule has 1 aromatic carbocycles. The lowest BCUT2D eigenvalue weighted by Gasteiger charge is -2.21. The SMILES string of the molecule is CN=C(NCc1csc(-c2ccccc2)n1)N(C)CCc1cccs1.I. The van der Waals surface area contributed by atoms with Crippen LogP contribution in [0.5, 0.6) is 0 Å². The number of aliphatic imine (C=N–C) groups is 1. The Balaban J connectivity index is 0.00000243. The molecule has 26 heavy (non-hydrogen) atoms. The second-order valence-electron chi connectivity index (χ2n) is 5.66. The smallest absolute Gasteiger partial charge is 0.193 e. The van der Waals surface area contributed by atoms with Gasteiger partial charge in [-0.05, 0) is 17.9 Å². The zero-order chi connectivity index (χ0) is 17.5. The van der Waals surface area contributed by atoms with Gasteiger partial charge in [-0.15, -0.1) is 46.7 Å². The number of hydrogen-bond acceptors (Lipinski definition) is 4. The highest BCUT2D eigenvalue weighted by molar-refractivity contribution is 14.0. The third kappa shape index (κ3) is 5.78. The van der Waals surface area contributed by atoms with E-state index in [9.17, 15) is 0 Å². The van der Waals surface area contributed by atoms with Gasteiger partial charge in [-0.25, -0.2) is 4.98 Å². The Morgan fingerprint density at radius 1 is 1.15 bits per heavy atom. The fourth-order valence-corrected chi connectivity index (χ4v) is 4.02. The molecule has 0 saturated carbocycles. The van der Waals surface area contributed by atoms with Crippen LogP contribution in [-0.4, -0.2) is 36.5 Å². The van der Waals surface area contributed by atoms with Gasteiger partial charge in [0.2, 0.25) is 0 Å². The maximum Gasteiger partial charge on any atom is 0.193 e. The molecule has 0 spiro atoms. The molecule has 138 valence electrons. The fraction of sp³-hybridized carbons (Fsp3) is 0.263. The van der Waals surface area contributed by atoms with Crippen LogP contribution in [0.4, 0.5) is 0 Å². The predicted molar refractivity (Wildman–Crippen MR) is 124 cm³/mol. The summed E-state index contributed by atoms with van der Waals surface area (Å²) in [5.41, 5.74) is 2.20. The number of benzene rings is 1. The molecule has 2 aromatic heterocycles. The van der Waals surface area contributed by atoms with E-state index in [2.05, 4.69) is 57.3 Å². The van der Waals surface area contributed by atoms with E-state index in [4.69, 9.17) is 4.98 Å². The molecule has 3 rings (SSSR count). The van der Waals surface area contributed by atoms with Crippen molar-refractivity contribution >= 4 is 52.6 Å². The number of hydrogen-bond donors (Lipinski definition) is 1. The minimum absolute atomic E-state index is 0. The van der Waals surface area contributed by atoms with Crippen LogP contribution in [-0.2, 0) is 13.0 Å². The molecule has 0 aliphatic rings. The standard InChI is InChI=1S/C19H22N4S2.HI/c1-20-19(23(2)11-10-17-9-6-12-24-17)21-13-16-14-25-18(22-16)15-7-4-3-5-8-15;/h3-9,12,14H,10-11,13H2,1-2H3,(H,20,21);1H. The zero-order valence-electron chi connectivity index (χ0n) is 14.9. The van der Waals surface area contributed by atoms with Gasteiger partial charge in [0.25, 0.3) is 0 Å². The van der Waals surface area contributed by atoms with Crippen LogP contribution in [0.3, 0.4) is 0 Å². The number of halogens is 1. The lowest BCUT2D eigenvalue weighted by molar-refractivity contribution is 0.486. The van der Waals surface area contributed by atoms with E-state index in [1.807, 2.05) is 25.2 Å². The number of nitrogens with zero attached hydrogens (tertiary/aromatic N) is 3. The number of rotatable bonds is 6. The van der Waals surface area contributed by atoms with E-state index in [0.29, 0.717) is 6.54 Å². The molecule has 4 nitrogen and oxygen atoms in total. The van der Waals surface area contributed by atoms with Crippen molar-refractivity contribution < 1.29 is 0 Å². The summed E-state index contributed by atoms with van der Waals surface area (Å²) in [7, 11) is 3.89. The van der Waals surface area contributed by atoms with E-state index in [1.165, 1.54) is 4.88 Å². The molecule has 0 fully saturated rings. The van der Waals surface area contributed by atoms with Gasteiger partial charge in [-0.3, -0.25) is 4.99 Å². The second kappa shape index (κ2) is 10.6. The number of likely N-dealkylation sites (N-methyl/N-ethyl adjacent to an activating group) is 1. The Bertz CT molecular complexity index is 800. The van der Waals surface area contributed by atoms with Crippen LogP contribution in [0.2, 0.25) is 0 Å². The van der Waals surface area contributed by atoms with Gasteiger partial charge < -0.3 is 10.2 Å². The third-order valence-corrected chi connectivity index (χ3v) is 5.72. The Hall–Kier alpha value is -1.45. The molecule has 2 heterocycles. The van der Waals surface area contributed by atoms with Gasteiger partial charge in [0, 0.05) is 36.5 Å². The highest BCUT2D eigenvalue weighted by atomic mass is 127. The molecular weight excluding hydrogens is 475 g/mol. The first-order valence-electron chi connectivity index (χ1n) is 8.20. The molecule has 0 amide bonds. The van der Waals surface area contributed by atoms with Gasteiger partial charge in [-0.2, -0.15) is 0 Å². The summed E-state index contributed by atoms with van der Waals surface area (Å²) in [6, 6.07) is 14.6. The van der Waals surface area contributed by atoms with Crippen molar-refractivity contribution in [2.45, 2.75) is 13.0 Å². The number of thiazole rings is 1. The average Bonchev–Trinajstić information content (AvgIpc) is 3.33. The van der Waals surface area contributed by atoms with Crippen LogP contribution in [0, 0.1) is 0 Å². The number of nitrogens with one attached hydrogen (secondary N) is 1. The minimum atomic E-state index is 0. The highest BCUT2D eigenvalue weighted by Gasteiger charge is 2.08. The Morgan fingerprint density at radius 3 is 2.65 bits per heavy atom. The van der Waals surface area contributed by atoms with Crippen molar-refractivity contribution in [3.63, 3.8) is 0 Å².